The zero-order valence-corrected chi connectivity index (χ0v) is 23.1. The third-order valence-electron chi connectivity index (χ3n) is 9.06. The van der Waals surface area contributed by atoms with Gasteiger partial charge in [0.25, 0.3) is 0 Å². The lowest BCUT2D eigenvalue weighted by atomic mass is 9.32. The number of thiazole rings is 1. The molecule has 0 atom stereocenters. The van der Waals surface area contributed by atoms with Crippen molar-refractivity contribution in [2.75, 3.05) is 39.0 Å². The molecule has 39 heavy (non-hydrogen) atoms. The number of alkyl halides is 3. The number of likely N-dealkylation sites (N-methyl/N-ethyl adjacent to an activating group) is 1. The number of halogens is 3. The van der Waals surface area contributed by atoms with Crippen LogP contribution in [0.1, 0.15) is 63.1 Å². The molecule has 3 saturated carbocycles. The van der Waals surface area contributed by atoms with Gasteiger partial charge in [0.1, 0.15) is 0 Å². The molecular weight excluding hydrogens is 521 g/mol. The van der Waals surface area contributed by atoms with Gasteiger partial charge in [0, 0.05) is 55.5 Å². The predicted octanol–water partition coefficient (Wildman–Crippen LogP) is 5.60. The van der Waals surface area contributed by atoms with Crippen LogP contribution in [-0.4, -0.2) is 53.8 Å². The van der Waals surface area contributed by atoms with Crippen LogP contribution in [0.4, 0.5) is 18.3 Å². The maximum Gasteiger partial charge on any atom is 0.416 e. The fraction of sp³-hybridized carbons (Fsp3) is 0.467. The number of rotatable bonds is 7. The Labute approximate surface area is 230 Å². The van der Waals surface area contributed by atoms with E-state index in [9.17, 15) is 18.0 Å². The lowest BCUT2D eigenvalue weighted by molar-refractivity contribution is -0.138. The zero-order valence-electron chi connectivity index (χ0n) is 22.3. The second-order valence-corrected chi connectivity index (χ2v) is 12.7. The number of benzene rings is 2. The standard InChI is InChI=1S/C30H33F3N4OS/c1-19-3-5-21(13-23(19)28-16-29(17-28,18-28)26-15-39-27(34)35-26)25(38)12-20-4-6-22(24(11-20)30(31,32)33)14-37-9-7-36(2)8-10-37/h3-6,11,13,15H,7-10,12,14,16-18H2,1-2H3,(H2,34,35). The summed E-state index contributed by atoms with van der Waals surface area (Å²) in [6.45, 7) is 5.48. The normalized spacial score (nSPS) is 25.3. The molecule has 4 aliphatic rings. The van der Waals surface area contributed by atoms with Gasteiger partial charge in [0.2, 0.25) is 0 Å². The van der Waals surface area contributed by atoms with Gasteiger partial charge < -0.3 is 10.6 Å². The molecule has 2 N–H and O–H groups in total. The molecule has 3 aromatic rings. The first-order chi connectivity index (χ1) is 18.5. The summed E-state index contributed by atoms with van der Waals surface area (Å²) in [7, 11) is 2.02. The number of hydrogen-bond acceptors (Lipinski definition) is 6. The van der Waals surface area contributed by atoms with Crippen molar-refractivity contribution in [2.45, 2.75) is 56.2 Å². The van der Waals surface area contributed by atoms with Crippen molar-refractivity contribution in [1.82, 2.24) is 14.8 Å². The van der Waals surface area contributed by atoms with E-state index in [0.717, 1.165) is 56.7 Å². The topological polar surface area (TPSA) is 62.5 Å². The highest BCUT2D eigenvalue weighted by Crippen LogP contribution is 2.74. The first kappa shape index (κ1) is 26.5. The Morgan fingerprint density at radius 3 is 2.41 bits per heavy atom. The highest BCUT2D eigenvalue weighted by atomic mass is 32.1. The highest BCUT2D eigenvalue weighted by Gasteiger charge is 2.70. The molecule has 206 valence electrons. The van der Waals surface area contributed by atoms with Crippen molar-refractivity contribution in [2.24, 2.45) is 0 Å². The number of piperazine rings is 1. The number of aryl methyl sites for hydroxylation is 1. The van der Waals surface area contributed by atoms with Crippen LogP contribution in [0.5, 0.6) is 0 Å². The summed E-state index contributed by atoms with van der Waals surface area (Å²) in [5.74, 6) is -0.162. The third kappa shape index (κ3) is 4.78. The van der Waals surface area contributed by atoms with E-state index in [4.69, 9.17) is 5.73 Å². The van der Waals surface area contributed by atoms with Crippen LogP contribution in [0.3, 0.4) is 0 Å². The lowest BCUT2D eigenvalue weighted by Crippen LogP contribution is -2.67. The van der Waals surface area contributed by atoms with E-state index in [0.29, 0.717) is 16.3 Å². The number of Topliss-reactive ketones (excluding diaryl/α,β-unsaturated/α-hetero) is 1. The fourth-order valence-corrected chi connectivity index (χ4v) is 7.60. The number of hydrogen-bond donors (Lipinski definition) is 1. The van der Waals surface area contributed by atoms with Crippen LogP contribution in [-0.2, 0) is 30.0 Å². The second kappa shape index (κ2) is 9.42. The van der Waals surface area contributed by atoms with Gasteiger partial charge in [0.15, 0.2) is 10.9 Å². The SMILES string of the molecule is Cc1ccc(C(=O)Cc2ccc(CN3CCN(C)CC3)c(C(F)(F)F)c2)cc1C12CC(c3csc(N)n3)(C1)C2. The van der Waals surface area contributed by atoms with Crippen LogP contribution in [0.25, 0.3) is 0 Å². The second-order valence-electron chi connectivity index (χ2n) is 11.9. The van der Waals surface area contributed by atoms with E-state index in [-0.39, 0.29) is 35.1 Å². The van der Waals surface area contributed by atoms with Crippen molar-refractivity contribution < 1.29 is 18.0 Å². The summed E-state index contributed by atoms with van der Waals surface area (Å²) >= 11 is 1.47. The van der Waals surface area contributed by atoms with Crippen molar-refractivity contribution in [1.29, 1.82) is 0 Å². The Bertz CT molecular complexity index is 1400. The van der Waals surface area contributed by atoms with Crippen molar-refractivity contribution in [3.8, 4) is 0 Å². The first-order valence-corrected chi connectivity index (χ1v) is 14.3. The molecule has 9 heteroatoms. The summed E-state index contributed by atoms with van der Waals surface area (Å²) in [6, 6.07) is 10.1. The molecule has 0 spiro atoms. The van der Waals surface area contributed by atoms with Crippen molar-refractivity contribution in [3.05, 3.63) is 80.9 Å². The van der Waals surface area contributed by atoms with E-state index in [1.807, 2.05) is 19.2 Å². The number of carbonyl (C=O) groups excluding carboxylic acids is 1. The number of anilines is 1. The van der Waals surface area contributed by atoms with Crippen molar-refractivity contribution >= 4 is 22.3 Å². The average Bonchev–Trinajstić information content (AvgIpc) is 3.26. The summed E-state index contributed by atoms with van der Waals surface area (Å²) in [4.78, 5) is 22.0. The predicted molar refractivity (Wildman–Crippen MR) is 147 cm³/mol. The quantitative estimate of drug-likeness (QED) is 0.386. The lowest BCUT2D eigenvalue weighted by Gasteiger charge is -2.71. The zero-order chi connectivity index (χ0) is 27.6. The minimum absolute atomic E-state index is 0.0487. The molecule has 2 heterocycles. The number of nitrogens with zero attached hydrogens (tertiary/aromatic N) is 3. The molecule has 0 unspecified atom stereocenters. The monoisotopic (exact) mass is 554 g/mol. The molecule has 2 bridgehead atoms. The molecule has 5 nitrogen and oxygen atoms in total. The molecule has 3 aliphatic carbocycles. The Kier molecular flexibility index (Phi) is 6.39. The van der Waals surface area contributed by atoms with Crippen molar-refractivity contribution in [3.63, 3.8) is 0 Å². The number of nitrogen functional groups attached to an aromatic ring is 1. The maximum atomic E-state index is 14.0. The van der Waals surface area contributed by atoms with Gasteiger partial charge in [-0.05, 0) is 73.0 Å². The Balaban J connectivity index is 1.18. The minimum atomic E-state index is -4.47. The van der Waals surface area contributed by atoms with E-state index < -0.39 is 11.7 Å². The van der Waals surface area contributed by atoms with Crippen LogP contribution in [0.15, 0.2) is 41.8 Å². The van der Waals surface area contributed by atoms with E-state index >= 15 is 0 Å². The van der Waals surface area contributed by atoms with Gasteiger partial charge in [-0.3, -0.25) is 9.69 Å². The smallest absolute Gasteiger partial charge is 0.375 e. The molecule has 7 rings (SSSR count). The van der Waals surface area contributed by atoms with Gasteiger partial charge >= 0.3 is 6.18 Å². The first-order valence-electron chi connectivity index (χ1n) is 13.4. The number of aromatic nitrogens is 1. The molecule has 1 saturated heterocycles. The molecule has 4 fully saturated rings. The number of carbonyl (C=O) groups is 1. The fourth-order valence-electron chi connectivity index (χ4n) is 6.91. The van der Waals surface area contributed by atoms with E-state index in [2.05, 4.69) is 27.1 Å². The Hall–Kier alpha value is -2.75. The third-order valence-corrected chi connectivity index (χ3v) is 9.73. The molecule has 2 aromatic carbocycles. The van der Waals surface area contributed by atoms with Gasteiger partial charge in [-0.1, -0.05) is 24.3 Å². The summed E-state index contributed by atoms with van der Waals surface area (Å²) < 4.78 is 42.0. The highest BCUT2D eigenvalue weighted by molar-refractivity contribution is 7.13. The van der Waals surface area contributed by atoms with Crippen LogP contribution in [0, 0.1) is 6.92 Å². The van der Waals surface area contributed by atoms with Crippen LogP contribution >= 0.6 is 11.3 Å². The summed E-state index contributed by atoms with van der Waals surface area (Å²) in [5, 5.41) is 2.64. The molecule has 0 amide bonds. The van der Waals surface area contributed by atoms with Crippen LogP contribution < -0.4 is 5.73 Å². The molecular formula is C30H33F3N4OS. The molecule has 1 aromatic heterocycles. The summed E-state index contributed by atoms with van der Waals surface area (Å²) in [5.41, 5.74) is 9.96. The average molecular weight is 555 g/mol. The Morgan fingerprint density at radius 2 is 1.77 bits per heavy atom. The number of ketones is 1. The Morgan fingerprint density at radius 1 is 1.05 bits per heavy atom. The van der Waals surface area contributed by atoms with Gasteiger partial charge in [-0.15, -0.1) is 11.3 Å². The van der Waals surface area contributed by atoms with Gasteiger partial charge in [-0.25, -0.2) is 4.98 Å². The summed E-state index contributed by atoms with van der Waals surface area (Å²) in [6.07, 6.45) is -1.56. The number of nitrogens with two attached hydrogens (primary N) is 1. The van der Waals surface area contributed by atoms with E-state index in [1.54, 1.807) is 18.2 Å². The molecule has 1 aliphatic heterocycles. The van der Waals surface area contributed by atoms with E-state index in [1.165, 1.54) is 23.0 Å². The largest absolute Gasteiger partial charge is 0.416 e. The van der Waals surface area contributed by atoms with Crippen LogP contribution in [0.2, 0.25) is 0 Å². The van der Waals surface area contributed by atoms with Gasteiger partial charge in [-0.2, -0.15) is 13.2 Å². The minimum Gasteiger partial charge on any atom is -0.375 e. The maximum absolute atomic E-state index is 14.0. The molecule has 0 radical (unpaired) electrons. The van der Waals surface area contributed by atoms with Gasteiger partial charge in [0.05, 0.1) is 11.3 Å².